The molecule has 1 aliphatic heterocycles. The Kier molecular flexibility index (Phi) is 11.8. The molecule has 0 aromatic heterocycles. The van der Waals surface area contributed by atoms with E-state index in [0.29, 0.717) is 38.3 Å². The van der Waals surface area contributed by atoms with Crippen LogP contribution in [0.15, 0.2) is 29.2 Å². The van der Waals surface area contributed by atoms with Gasteiger partial charge in [-0.25, -0.2) is 8.42 Å². The molecular formula is C19H32N3NaO5S. The summed E-state index contributed by atoms with van der Waals surface area (Å²) in [6.07, 6.45) is -0.878. The Labute approximate surface area is 196 Å². The average Bonchev–Trinajstić information content (AvgIpc) is 2.67. The van der Waals surface area contributed by atoms with Crippen LogP contribution in [-0.4, -0.2) is 102 Å². The van der Waals surface area contributed by atoms with Gasteiger partial charge in [0, 0.05) is 58.9 Å². The summed E-state index contributed by atoms with van der Waals surface area (Å²) in [6, 6.07) is 6.33. The van der Waals surface area contributed by atoms with Crippen LogP contribution in [0.1, 0.15) is 19.4 Å². The van der Waals surface area contributed by atoms with Crippen molar-refractivity contribution in [3.8, 4) is 0 Å². The van der Waals surface area contributed by atoms with Crippen LogP contribution in [0, 0.1) is 0 Å². The number of hydrogen-bond donors (Lipinski definition) is 2. The van der Waals surface area contributed by atoms with Gasteiger partial charge in [0.05, 0.1) is 17.1 Å². The number of rotatable bonds is 7. The third kappa shape index (κ3) is 9.73. The van der Waals surface area contributed by atoms with Gasteiger partial charge < -0.3 is 14.8 Å². The molecule has 0 saturated carbocycles. The number of β-amino-alcohol motifs (C(OH)–C–C–N with tert-alkyl or cyclic N) is 2. The van der Waals surface area contributed by atoms with Crippen molar-refractivity contribution in [2.45, 2.75) is 37.5 Å². The van der Waals surface area contributed by atoms with E-state index in [2.05, 4.69) is 14.7 Å². The zero-order valence-electron chi connectivity index (χ0n) is 17.7. The molecule has 0 spiro atoms. The molecule has 1 aliphatic rings. The molecule has 2 N–H and O–H groups in total. The summed E-state index contributed by atoms with van der Waals surface area (Å²) in [6.45, 7) is 9.44. The largest absolute Gasteiger partial charge is 1.00 e. The number of aliphatic hydroxyl groups excluding tert-OH is 2. The fourth-order valence-corrected chi connectivity index (χ4v) is 4.27. The van der Waals surface area contributed by atoms with Crippen molar-refractivity contribution in [1.29, 1.82) is 0 Å². The second kappa shape index (κ2) is 12.7. The molecule has 2 atom stereocenters. The fraction of sp³-hybridized carbons (Fsp3) is 0.684. The minimum absolute atomic E-state index is 0. The van der Waals surface area contributed by atoms with Gasteiger partial charge in [0.15, 0.2) is 0 Å². The molecule has 160 valence electrons. The Bertz CT molecular complexity index is 696. The monoisotopic (exact) mass is 437 g/mol. The van der Waals surface area contributed by atoms with Gasteiger partial charge in [0.25, 0.3) is 0 Å². The molecule has 10 heteroatoms. The third-order valence-electron chi connectivity index (χ3n) is 4.88. The molecule has 1 heterocycles. The molecule has 1 fully saturated rings. The van der Waals surface area contributed by atoms with Crippen molar-refractivity contribution in [2.75, 3.05) is 52.4 Å². The number of aliphatic hydroxyl groups is 2. The topological polar surface area (TPSA) is 107 Å². The average molecular weight is 438 g/mol. The second-order valence-electron chi connectivity index (χ2n) is 7.64. The van der Waals surface area contributed by atoms with Crippen LogP contribution in [-0.2, 0) is 16.7 Å². The predicted molar refractivity (Wildman–Crippen MR) is 106 cm³/mol. The van der Waals surface area contributed by atoms with E-state index in [0.717, 1.165) is 26.2 Å². The zero-order chi connectivity index (χ0) is 20.7. The molecule has 1 aromatic rings. The van der Waals surface area contributed by atoms with Crippen LogP contribution in [0.2, 0.25) is 0 Å². The van der Waals surface area contributed by atoms with Crippen molar-refractivity contribution in [3.63, 3.8) is 0 Å². The van der Waals surface area contributed by atoms with E-state index >= 15 is 0 Å². The number of benzene rings is 1. The maximum atomic E-state index is 11.6. The van der Waals surface area contributed by atoms with Crippen LogP contribution in [0.5, 0.6) is 0 Å². The maximum absolute atomic E-state index is 11.6. The first-order valence-corrected chi connectivity index (χ1v) is 11.1. The molecule has 0 unspecified atom stereocenters. The normalized spacial score (nSPS) is 20.2. The van der Waals surface area contributed by atoms with E-state index in [1.165, 1.54) is 6.07 Å². The van der Waals surface area contributed by atoms with Crippen molar-refractivity contribution in [1.82, 2.24) is 14.7 Å². The summed E-state index contributed by atoms with van der Waals surface area (Å²) < 4.78 is 34.7. The molecule has 8 nitrogen and oxygen atoms in total. The molecule has 0 aliphatic carbocycles. The quantitative estimate of drug-likeness (QED) is 0.339. The van der Waals surface area contributed by atoms with Crippen molar-refractivity contribution >= 4 is 10.1 Å². The van der Waals surface area contributed by atoms with E-state index in [1.807, 2.05) is 0 Å². The Morgan fingerprint density at radius 1 is 0.897 bits per heavy atom. The molecular weight excluding hydrogens is 405 g/mol. The van der Waals surface area contributed by atoms with Crippen LogP contribution in [0.4, 0.5) is 0 Å². The molecule has 0 bridgehead atoms. The summed E-state index contributed by atoms with van der Waals surface area (Å²) in [5.41, 5.74) is 0.501. The van der Waals surface area contributed by atoms with Crippen molar-refractivity contribution in [3.05, 3.63) is 29.8 Å². The minimum atomic E-state index is -4.52. The van der Waals surface area contributed by atoms with Gasteiger partial charge in [0.2, 0.25) is 0 Å². The summed E-state index contributed by atoms with van der Waals surface area (Å²) in [4.78, 5) is 6.30. The first kappa shape index (κ1) is 27.0. The van der Waals surface area contributed by atoms with E-state index in [9.17, 15) is 23.2 Å². The summed E-state index contributed by atoms with van der Waals surface area (Å²) in [5, 5.41) is 19.5. The zero-order valence-corrected chi connectivity index (χ0v) is 20.5. The van der Waals surface area contributed by atoms with Gasteiger partial charge >= 0.3 is 29.6 Å². The van der Waals surface area contributed by atoms with Gasteiger partial charge in [-0.15, -0.1) is 0 Å². The Balaban J connectivity index is 0.00000420. The molecule has 0 amide bonds. The standard InChI is InChI=1S/C19H33N3O5S.Na/c1-16(23)13-20-7-8-21(14-17(2)24)10-12-22(11-9-20)15-18-5-3-4-6-19(18)28(25,26)27;/h3-6,16-17,23-24H,7-15H2,1-2H3,(H,25,26,27);/q;+1/p-1/t16-,17-;/m0./s1. The van der Waals surface area contributed by atoms with E-state index in [-0.39, 0.29) is 34.5 Å². The van der Waals surface area contributed by atoms with Crippen LogP contribution < -0.4 is 29.6 Å². The van der Waals surface area contributed by atoms with E-state index in [4.69, 9.17) is 0 Å². The fourth-order valence-electron chi connectivity index (χ4n) is 3.57. The molecule has 29 heavy (non-hydrogen) atoms. The SMILES string of the molecule is C[C@H](O)CN1CCN(Cc2ccccc2S(=O)(=O)[O-])CCN(C[C@H](C)O)CC1.[Na+]. The van der Waals surface area contributed by atoms with Crippen molar-refractivity contribution in [2.24, 2.45) is 0 Å². The van der Waals surface area contributed by atoms with Gasteiger partial charge in [-0.05, 0) is 25.5 Å². The number of nitrogens with zero attached hydrogens (tertiary/aromatic N) is 3. The van der Waals surface area contributed by atoms with Crippen LogP contribution in [0.3, 0.4) is 0 Å². The summed E-state index contributed by atoms with van der Waals surface area (Å²) in [7, 11) is -4.52. The van der Waals surface area contributed by atoms with Crippen molar-refractivity contribution < 1.29 is 52.7 Å². The molecule has 1 saturated heterocycles. The van der Waals surface area contributed by atoms with Gasteiger partial charge in [-0.3, -0.25) is 14.7 Å². The van der Waals surface area contributed by atoms with Gasteiger partial charge in [0.1, 0.15) is 10.1 Å². The Hall–Kier alpha value is -0.0700. The van der Waals surface area contributed by atoms with Crippen LogP contribution >= 0.6 is 0 Å². The summed E-state index contributed by atoms with van der Waals surface area (Å²) in [5.74, 6) is 0. The first-order valence-electron chi connectivity index (χ1n) is 9.72. The predicted octanol–water partition coefficient (Wildman–Crippen LogP) is -3.22. The first-order chi connectivity index (χ1) is 13.1. The molecule has 1 aromatic carbocycles. The van der Waals surface area contributed by atoms with Crippen LogP contribution in [0.25, 0.3) is 0 Å². The smallest absolute Gasteiger partial charge is 0.744 e. The molecule has 0 radical (unpaired) electrons. The van der Waals surface area contributed by atoms with Gasteiger partial charge in [-0.2, -0.15) is 0 Å². The summed E-state index contributed by atoms with van der Waals surface area (Å²) >= 11 is 0. The second-order valence-corrected chi connectivity index (χ2v) is 8.99. The van der Waals surface area contributed by atoms with E-state index < -0.39 is 22.3 Å². The third-order valence-corrected chi connectivity index (χ3v) is 5.82. The van der Waals surface area contributed by atoms with E-state index in [1.54, 1.807) is 32.0 Å². The Morgan fingerprint density at radius 3 is 1.72 bits per heavy atom. The maximum Gasteiger partial charge on any atom is 1.00 e. The minimum Gasteiger partial charge on any atom is -0.744 e. The molecule has 2 rings (SSSR count). The Morgan fingerprint density at radius 2 is 1.31 bits per heavy atom. The van der Waals surface area contributed by atoms with Gasteiger partial charge in [-0.1, -0.05) is 18.2 Å². The number of hydrogen-bond acceptors (Lipinski definition) is 8.